The monoisotopic (exact) mass is 225 g/mol. The van der Waals surface area contributed by atoms with Crippen LogP contribution in [0.3, 0.4) is 0 Å². The van der Waals surface area contributed by atoms with Crippen LogP contribution in [0.1, 0.15) is 42.7 Å². The summed E-state index contributed by atoms with van der Waals surface area (Å²) >= 11 is 0. The molecule has 0 aromatic carbocycles. The molecule has 0 saturated carbocycles. The number of hydrogen-bond acceptors (Lipinski definition) is 5. The van der Waals surface area contributed by atoms with Crippen molar-refractivity contribution in [1.29, 1.82) is 0 Å². The molecule has 6 heteroatoms. The molecule has 0 aliphatic carbocycles. The minimum Gasteiger partial charge on any atom is -0.475 e. The molecule has 1 aromatic rings. The molecule has 1 atom stereocenters. The molecule has 1 aliphatic rings. The van der Waals surface area contributed by atoms with Gasteiger partial charge in [-0.15, -0.1) is 0 Å². The Morgan fingerprint density at radius 3 is 3.00 bits per heavy atom. The predicted octanol–water partition coefficient (Wildman–Crippen LogP) is 0.799. The largest absolute Gasteiger partial charge is 0.475 e. The van der Waals surface area contributed by atoms with Crippen molar-refractivity contribution in [3.8, 4) is 0 Å². The van der Waals surface area contributed by atoms with Crippen LogP contribution in [0.25, 0.3) is 0 Å². The SMILES string of the molecule is CCC1(c2nc(C(=O)O)no2)CCCNC1. The topological polar surface area (TPSA) is 88.2 Å². The first-order valence-electron chi connectivity index (χ1n) is 5.46. The quantitative estimate of drug-likeness (QED) is 0.791. The van der Waals surface area contributed by atoms with Crippen molar-refractivity contribution in [1.82, 2.24) is 15.5 Å². The van der Waals surface area contributed by atoms with Crippen LogP contribution >= 0.6 is 0 Å². The minimum atomic E-state index is -1.15. The van der Waals surface area contributed by atoms with Crippen molar-refractivity contribution in [2.24, 2.45) is 0 Å². The molecular weight excluding hydrogens is 210 g/mol. The molecule has 0 spiro atoms. The lowest BCUT2D eigenvalue weighted by Crippen LogP contribution is -2.43. The van der Waals surface area contributed by atoms with Crippen LogP contribution in [0, 0.1) is 0 Å². The number of nitrogens with one attached hydrogen (secondary N) is 1. The first kappa shape index (κ1) is 11.1. The van der Waals surface area contributed by atoms with Crippen LogP contribution in [0.15, 0.2) is 4.52 Å². The van der Waals surface area contributed by atoms with Crippen LogP contribution in [0.5, 0.6) is 0 Å². The van der Waals surface area contributed by atoms with E-state index in [1.54, 1.807) is 0 Å². The summed E-state index contributed by atoms with van der Waals surface area (Å²) in [6.45, 7) is 3.81. The molecular formula is C10H15N3O3. The molecule has 1 aliphatic heterocycles. The molecule has 0 radical (unpaired) electrons. The summed E-state index contributed by atoms with van der Waals surface area (Å²) in [6, 6.07) is 0. The van der Waals surface area contributed by atoms with Crippen LogP contribution < -0.4 is 5.32 Å². The summed E-state index contributed by atoms with van der Waals surface area (Å²) in [4.78, 5) is 14.6. The summed E-state index contributed by atoms with van der Waals surface area (Å²) in [7, 11) is 0. The Labute approximate surface area is 93.0 Å². The van der Waals surface area contributed by atoms with Crippen molar-refractivity contribution in [3.63, 3.8) is 0 Å². The Kier molecular flexibility index (Phi) is 2.91. The van der Waals surface area contributed by atoms with Crippen LogP contribution in [0.4, 0.5) is 0 Å². The zero-order chi connectivity index (χ0) is 11.6. The van der Waals surface area contributed by atoms with Gasteiger partial charge in [-0.25, -0.2) is 4.79 Å². The lowest BCUT2D eigenvalue weighted by Gasteiger charge is -2.33. The third-order valence-electron chi connectivity index (χ3n) is 3.22. The fourth-order valence-electron chi connectivity index (χ4n) is 2.13. The highest BCUT2D eigenvalue weighted by molar-refractivity contribution is 5.82. The Hall–Kier alpha value is -1.43. The van der Waals surface area contributed by atoms with Crippen molar-refractivity contribution >= 4 is 5.97 Å². The number of carboxylic acids is 1. The highest BCUT2D eigenvalue weighted by atomic mass is 16.5. The van der Waals surface area contributed by atoms with Gasteiger partial charge in [0.1, 0.15) is 0 Å². The van der Waals surface area contributed by atoms with Gasteiger partial charge in [0.15, 0.2) is 0 Å². The normalized spacial score (nSPS) is 25.6. The summed E-state index contributed by atoms with van der Waals surface area (Å²) in [5.74, 6) is -0.960. The summed E-state index contributed by atoms with van der Waals surface area (Å²) < 4.78 is 5.08. The fourth-order valence-corrected chi connectivity index (χ4v) is 2.13. The van der Waals surface area contributed by atoms with Crippen molar-refractivity contribution < 1.29 is 14.4 Å². The number of hydrogen-bond donors (Lipinski definition) is 2. The highest BCUT2D eigenvalue weighted by Crippen LogP contribution is 2.33. The average molecular weight is 225 g/mol. The minimum absolute atomic E-state index is 0.195. The third-order valence-corrected chi connectivity index (χ3v) is 3.22. The van der Waals surface area contributed by atoms with Gasteiger partial charge in [-0.3, -0.25) is 0 Å². The van der Waals surface area contributed by atoms with Gasteiger partial charge in [-0.1, -0.05) is 6.92 Å². The molecule has 2 rings (SSSR count). The van der Waals surface area contributed by atoms with E-state index >= 15 is 0 Å². The van der Waals surface area contributed by atoms with E-state index < -0.39 is 5.97 Å². The standard InChI is InChI=1S/C10H15N3O3/c1-2-10(4-3-5-11-6-10)9-12-7(8(14)15)13-16-9/h11H,2-6H2,1H3,(H,14,15). The van der Waals surface area contributed by atoms with Crippen LogP contribution in [0.2, 0.25) is 0 Å². The molecule has 88 valence electrons. The number of carbonyl (C=O) groups is 1. The molecule has 16 heavy (non-hydrogen) atoms. The lowest BCUT2D eigenvalue weighted by atomic mass is 9.78. The Balaban J connectivity index is 2.28. The van der Waals surface area contributed by atoms with E-state index in [0.717, 1.165) is 32.4 Å². The van der Waals surface area contributed by atoms with Gasteiger partial charge in [-0.2, -0.15) is 4.98 Å². The summed E-state index contributed by atoms with van der Waals surface area (Å²) in [6.07, 6.45) is 2.86. The maximum atomic E-state index is 10.7. The zero-order valence-electron chi connectivity index (χ0n) is 9.19. The number of aromatic carboxylic acids is 1. The predicted molar refractivity (Wildman–Crippen MR) is 55.3 cm³/mol. The molecule has 6 nitrogen and oxygen atoms in total. The van der Waals surface area contributed by atoms with E-state index in [2.05, 4.69) is 22.4 Å². The molecule has 0 amide bonds. The van der Waals surface area contributed by atoms with E-state index in [0.29, 0.717) is 5.89 Å². The average Bonchev–Trinajstić information content (AvgIpc) is 2.80. The lowest BCUT2D eigenvalue weighted by molar-refractivity contribution is 0.0680. The molecule has 0 bridgehead atoms. The fraction of sp³-hybridized carbons (Fsp3) is 0.700. The third kappa shape index (κ3) is 1.80. The number of aromatic nitrogens is 2. The highest BCUT2D eigenvalue weighted by Gasteiger charge is 2.38. The van der Waals surface area contributed by atoms with E-state index in [1.807, 2.05) is 0 Å². The van der Waals surface area contributed by atoms with Crippen molar-refractivity contribution in [2.75, 3.05) is 13.1 Å². The summed E-state index contributed by atoms with van der Waals surface area (Å²) in [5, 5.41) is 15.5. The van der Waals surface area contributed by atoms with E-state index in [9.17, 15) is 4.79 Å². The zero-order valence-corrected chi connectivity index (χ0v) is 9.19. The smallest absolute Gasteiger partial charge is 0.377 e. The number of nitrogens with zero attached hydrogens (tertiary/aromatic N) is 2. The van der Waals surface area contributed by atoms with Gasteiger partial charge in [0.2, 0.25) is 5.89 Å². The number of rotatable bonds is 3. The van der Waals surface area contributed by atoms with E-state index in [4.69, 9.17) is 9.63 Å². The van der Waals surface area contributed by atoms with E-state index in [-0.39, 0.29) is 11.2 Å². The second kappa shape index (κ2) is 4.21. The second-order valence-corrected chi connectivity index (χ2v) is 4.14. The molecule has 1 fully saturated rings. The maximum absolute atomic E-state index is 10.7. The summed E-state index contributed by atoms with van der Waals surface area (Å²) in [5.41, 5.74) is -0.195. The number of piperidine rings is 1. The number of carboxylic acid groups (broad SMARTS) is 1. The van der Waals surface area contributed by atoms with Gasteiger partial charge in [0.25, 0.3) is 5.82 Å². The molecule has 2 N–H and O–H groups in total. The first-order valence-corrected chi connectivity index (χ1v) is 5.46. The van der Waals surface area contributed by atoms with Crippen LogP contribution in [-0.2, 0) is 5.41 Å². The molecule has 1 unspecified atom stereocenters. The molecule has 2 heterocycles. The van der Waals surface area contributed by atoms with Gasteiger partial charge in [-0.05, 0) is 31.0 Å². The van der Waals surface area contributed by atoms with Crippen molar-refractivity contribution in [2.45, 2.75) is 31.6 Å². The second-order valence-electron chi connectivity index (χ2n) is 4.14. The van der Waals surface area contributed by atoms with Crippen LogP contribution in [-0.4, -0.2) is 34.3 Å². The molecule has 1 aromatic heterocycles. The molecule has 1 saturated heterocycles. The Morgan fingerprint density at radius 2 is 2.50 bits per heavy atom. The van der Waals surface area contributed by atoms with Crippen molar-refractivity contribution in [3.05, 3.63) is 11.7 Å². The maximum Gasteiger partial charge on any atom is 0.377 e. The first-order chi connectivity index (χ1) is 7.68. The van der Waals surface area contributed by atoms with E-state index in [1.165, 1.54) is 0 Å². The Morgan fingerprint density at radius 1 is 1.69 bits per heavy atom. The van der Waals surface area contributed by atoms with Gasteiger partial charge < -0.3 is 14.9 Å². The van der Waals surface area contributed by atoms with Gasteiger partial charge in [0.05, 0.1) is 5.41 Å². The van der Waals surface area contributed by atoms with Gasteiger partial charge >= 0.3 is 5.97 Å². The Bertz CT molecular complexity index is 382. The van der Waals surface area contributed by atoms with Gasteiger partial charge in [0, 0.05) is 6.54 Å².